The number of hydrogen-bond donors (Lipinski definition) is 9. The molecule has 0 radical (unpaired) electrons. The molecule has 0 unspecified atom stereocenters. The van der Waals surface area contributed by atoms with Crippen LogP contribution in [0.2, 0.25) is 0 Å². The van der Waals surface area contributed by atoms with Gasteiger partial charge in [0.1, 0.15) is 66.2 Å². The van der Waals surface area contributed by atoms with Crippen LogP contribution in [0.5, 0.6) is 28.7 Å². The first-order chi connectivity index (χ1) is 22.7. The number of carbonyl (C=O) groups is 1. The predicted molar refractivity (Wildman–Crippen MR) is 156 cm³/mol. The maximum atomic E-state index is 13.0. The Bertz CT molecular complexity index is 1690. The minimum absolute atomic E-state index is 0.132. The molecular weight excluding hydrogens is 648 g/mol. The van der Waals surface area contributed by atoms with E-state index in [2.05, 4.69) is 0 Å². The number of rotatable bonds is 9. The summed E-state index contributed by atoms with van der Waals surface area (Å²) >= 11 is 0. The smallest absolute Gasteiger partial charge is 0.302 e. The predicted octanol–water partition coefficient (Wildman–Crippen LogP) is -1.84. The summed E-state index contributed by atoms with van der Waals surface area (Å²) in [5, 5.41) is 94.2. The SMILES string of the molecule is COc1ccc(-c2cc(=O)c3c(O)cc(O[C@@H]4O[C@H](CO)[C@@H](O)[C@H](O)[C@H]4O[C@@H]4O[C@H](COC(C)=O)[C@@H](O)[C@@H](O)[C@H]4O)c(O)c3o2)cc1O. The van der Waals surface area contributed by atoms with Crippen LogP contribution in [0.3, 0.4) is 0 Å². The fourth-order valence-corrected chi connectivity index (χ4v) is 5.30. The first kappa shape index (κ1) is 35.1. The molecule has 2 fully saturated rings. The van der Waals surface area contributed by atoms with Crippen molar-refractivity contribution in [1.82, 2.24) is 0 Å². The van der Waals surface area contributed by atoms with Crippen LogP contribution in [0.15, 0.2) is 39.5 Å². The molecule has 262 valence electrons. The van der Waals surface area contributed by atoms with Crippen LogP contribution in [-0.4, -0.2) is 134 Å². The largest absolute Gasteiger partial charge is 0.507 e. The zero-order valence-corrected chi connectivity index (χ0v) is 25.3. The third kappa shape index (κ3) is 6.70. The zero-order valence-electron chi connectivity index (χ0n) is 25.3. The third-order valence-electron chi connectivity index (χ3n) is 7.86. The van der Waals surface area contributed by atoms with Crippen molar-refractivity contribution in [3.8, 4) is 40.1 Å². The number of ether oxygens (including phenoxy) is 6. The van der Waals surface area contributed by atoms with Crippen molar-refractivity contribution < 1.29 is 83.6 Å². The highest BCUT2D eigenvalue weighted by Gasteiger charge is 2.51. The van der Waals surface area contributed by atoms with Gasteiger partial charge in [-0.15, -0.1) is 0 Å². The Morgan fingerprint density at radius 2 is 1.52 bits per heavy atom. The average Bonchev–Trinajstić information content (AvgIpc) is 3.05. The molecule has 5 rings (SSSR count). The van der Waals surface area contributed by atoms with Crippen molar-refractivity contribution in [3.05, 3.63) is 40.6 Å². The fourth-order valence-electron chi connectivity index (χ4n) is 5.30. The van der Waals surface area contributed by atoms with E-state index in [1.807, 2.05) is 0 Å². The number of hydrogen-bond acceptors (Lipinski definition) is 18. The molecule has 9 N–H and O–H groups in total. The molecule has 1 aromatic heterocycles. The van der Waals surface area contributed by atoms with Gasteiger partial charge in [-0.1, -0.05) is 0 Å². The van der Waals surface area contributed by atoms with Gasteiger partial charge in [-0.25, -0.2) is 0 Å². The van der Waals surface area contributed by atoms with Crippen LogP contribution in [-0.2, 0) is 23.7 Å². The van der Waals surface area contributed by atoms with Gasteiger partial charge in [-0.3, -0.25) is 9.59 Å². The van der Waals surface area contributed by atoms with Gasteiger partial charge in [0.15, 0.2) is 40.7 Å². The van der Waals surface area contributed by atoms with E-state index in [0.717, 1.165) is 19.1 Å². The van der Waals surface area contributed by atoms with E-state index in [4.69, 9.17) is 32.8 Å². The molecule has 0 aliphatic carbocycles. The number of aliphatic hydroxyl groups is 6. The molecular formula is C30H34O18. The van der Waals surface area contributed by atoms with Crippen LogP contribution in [0.1, 0.15) is 6.92 Å². The summed E-state index contributed by atoms with van der Waals surface area (Å²) in [5.74, 6) is -3.21. The van der Waals surface area contributed by atoms with Crippen LogP contribution in [0.4, 0.5) is 0 Å². The standard InChI is InChI=1S/C30H34O18/c1-10(32)43-9-19-22(37)24(39)26(41)29(47-19)48-28-25(40)21(36)18(8-31)46-30(28)45-17-7-14(35)20-13(34)6-16(44-27(20)23(17)38)11-3-4-15(42-2)12(33)5-11/h3-7,18-19,21-22,24-26,28-31,33,35-41H,8-9H2,1-2H3/t18-,19-,21-,22-,24-,25+,26-,28-,29+,30-/m1/s1. The Kier molecular flexibility index (Phi) is 10.3. The third-order valence-corrected chi connectivity index (χ3v) is 7.86. The lowest BCUT2D eigenvalue weighted by molar-refractivity contribution is -0.358. The molecule has 0 saturated carbocycles. The van der Waals surface area contributed by atoms with E-state index >= 15 is 0 Å². The second-order valence-electron chi connectivity index (χ2n) is 11.1. The first-order valence-corrected chi connectivity index (χ1v) is 14.4. The summed E-state index contributed by atoms with van der Waals surface area (Å²) in [6.45, 7) is -0.321. The van der Waals surface area contributed by atoms with E-state index in [0.29, 0.717) is 0 Å². The van der Waals surface area contributed by atoms with Crippen molar-refractivity contribution in [2.24, 2.45) is 0 Å². The lowest BCUT2D eigenvalue weighted by Gasteiger charge is -2.45. The molecule has 18 heteroatoms. The van der Waals surface area contributed by atoms with Gasteiger partial charge in [-0.2, -0.15) is 0 Å². The number of phenolic OH excluding ortho intramolecular Hbond substituents is 3. The Balaban J connectivity index is 1.49. The van der Waals surface area contributed by atoms with Crippen molar-refractivity contribution in [3.63, 3.8) is 0 Å². The first-order valence-electron chi connectivity index (χ1n) is 14.4. The zero-order chi connectivity index (χ0) is 35.0. The van der Waals surface area contributed by atoms with E-state index < -0.39 is 114 Å². The van der Waals surface area contributed by atoms with Gasteiger partial charge in [0.2, 0.25) is 12.0 Å². The molecule has 0 spiro atoms. The number of esters is 1. The summed E-state index contributed by atoms with van der Waals surface area (Å²) in [6.07, 6.45) is -17.8. The van der Waals surface area contributed by atoms with Gasteiger partial charge in [0.25, 0.3) is 0 Å². The van der Waals surface area contributed by atoms with Gasteiger partial charge in [0.05, 0.1) is 13.7 Å². The Labute approximate surface area is 270 Å². The highest BCUT2D eigenvalue weighted by atomic mass is 16.8. The minimum Gasteiger partial charge on any atom is -0.507 e. The number of phenols is 3. The molecule has 2 saturated heterocycles. The molecule has 2 aliphatic heterocycles. The van der Waals surface area contributed by atoms with E-state index in [1.54, 1.807) is 0 Å². The van der Waals surface area contributed by atoms with Gasteiger partial charge in [0, 0.05) is 24.6 Å². The molecule has 0 amide bonds. The van der Waals surface area contributed by atoms with Gasteiger partial charge < -0.3 is 78.8 Å². The molecule has 10 atom stereocenters. The summed E-state index contributed by atoms with van der Waals surface area (Å²) in [4.78, 5) is 24.3. The van der Waals surface area contributed by atoms with Crippen LogP contribution in [0.25, 0.3) is 22.3 Å². The highest BCUT2D eigenvalue weighted by molar-refractivity contribution is 5.91. The van der Waals surface area contributed by atoms with Crippen LogP contribution in [0, 0.1) is 0 Å². The normalized spacial score (nSPS) is 30.6. The van der Waals surface area contributed by atoms with Crippen molar-refractivity contribution in [2.75, 3.05) is 20.3 Å². The lowest BCUT2D eigenvalue weighted by Crippen LogP contribution is -2.65. The second-order valence-corrected chi connectivity index (χ2v) is 11.1. The number of aliphatic hydroxyl groups excluding tert-OH is 6. The fraction of sp³-hybridized carbons (Fsp3) is 0.467. The van der Waals surface area contributed by atoms with Crippen LogP contribution < -0.4 is 14.9 Å². The van der Waals surface area contributed by atoms with Crippen molar-refractivity contribution in [2.45, 2.75) is 68.3 Å². The summed E-state index contributed by atoms with van der Waals surface area (Å²) in [7, 11) is 1.34. The summed E-state index contributed by atoms with van der Waals surface area (Å²) < 4.78 is 38.0. The quantitative estimate of drug-likeness (QED) is 0.0885. The molecule has 18 nitrogen and oxygen atoms in total. The molecule has 0 bridgehead atoms. The topological polar surface area (TPSA) is 285 Å². The van der Waals surface area contributed by atoms with E-state index in [1.165, 1.54) is 25.3 Å². The Hall–Kier alpha value is -4.24. The second kappa shape index (κ2) is 14.1. The summed E-state index contributed by atoms with van der Waals surface area (Å²) in [5.41, 5.74) is -1.16. The van der Waals surface area contributed by atoms with E-state index in [-0.39, 0.29) is 22.8 Å². The average molecular weight is 683 g/mol. The van der Waals surface area contributed by atoms with Crippen molar-refractivity contribution in [1.29, 1.82) is 0 Å². The number of fused-ring (bicyclic) bond motifs is 1. The Morgan fingerprint density at radius 3 is 2.17 bits per heavy atom. The lowest BCUT2D eigenvalue weighted by atomic mass is 9.97. The van der Waals surface area contributed by atoms with Gasteiger partial charge in [-0.05, 0) is 18.2 Å². The summed E-state index contributed by atoms with van der Waals surface area (Å²) in [6, 6.07) is 5.91. The minimum atomic E-state index is -1.96. The molecule has 2 aliphatic rings. The number of methoxy groups -OCH3 is 1. The van der Waals surface area contributed by atoms with Crippen molar-refractivity contribution >= 4 is 16.9 Å². The monoisotopic (exact) mass is 682 g/mol. The van der Waals surface area contributed by atoms with E-state index in [9.17, 15) is 55.5 Å². The molecule has 48 heavy (non-hydrogen) atoms. The van der Waals surface area contributed by atoms with Crippen LogP contribution >= 0.6 is 0 Å². The number of carbonyl (C=O) groups excluding carboxylic acids is 1. The number of aromatic hydroxyl groups is 3. The highest BCUT2D eigenvalue weighted by Crippen LogP contribution is 2.42. The number of benzene rings is 2. The molecule has 3 heterocycles. The molecule has 2 aromatic carbocycles. The maximum absolute atomic E-state index is 13.0. The Morgan fingerprint density at radius 1 is 0.833 bits per heavy atom. The maximum Gasteiger partial charge on any atom is 0.302 e. The molecule has 3 aromatic rings. The van der Waals surface area contributed by atoms with Gasteiger partial charge >= 0.3 is 5.97 Å².